The van der Waals surface area contributed by atoms with Gasteiger partial charge in [0.15, 0.2) is 0 Å². The van der Waals surface area contributed by atoms with Crippen LogP contribution in [0.25, 0.3) is 0 Å². The first-order valence-corrected chi connectivity index (χ1v) is 11.5. The lowest BCUT2D eigenvalue weighted by Gasteiger charge is -2.31. The van der Waals surface area contributed by atoms with Crippen molar-refractivity contribution in [1.82, 2.24) is 9.79 Å². The predicted octanol–water partition coefficient (Wildman–Crippen LogP) is 3.07. The Bertz CT molecular complexity index is 972. The van der Waals surface area contributed by atoms with Crippen molar-refractivity contribution in [3.63, 3.8) is 0 Å². The molecule has 9 heteroatoms. The molecule has 29 heavy (non-hydrogen) atoms. The molecule has 0 spiro atoms. The van der Waals surface area contributed by atoms with Gasteiger partial charge in [0.1, 0.15) is 5.75 Å². The molecule has 3 rings (SSSR count). The Morgan fingerprint density at radius 2 is 1.83 bits per heavy atom. The first kappa shape index (κ1) is 21.6. The number of carbonyl (C=O) groups is 1. The molecule has 0 aliphatic carbocycles. The van der Waals surface area contributed by atoms with E-state index in [1.165, 1.54) is 28.4 Å². The quantitative estimate of drug-likeness (QED) is 0.534. The van der Waals surface area contributed by atoms with Crippen molar-refractivity contribution in [2.45, 2.75) is 34.8 Å². The molecule has 2 aromatic carbocycles. The van der Waals surface area contributed by atoms with Crippen LogP contribution in [0.4, 0.5) is 0 Å². The molecule has 1 aliphatic heterocycles. The molecule has 2 aromatic rings. The molecule has 7 nitrogen and oxygen atoms in total. The Labute approximate surface area is 175 Å². The van der Waals surface area contributed by atoms with Gasteiger partial charge in [-0.2, -0.15) is 4.31 Å². The van der Waals surface area contributed by atoms with Crippen molar-refractivity contribution < 1.29 is 23.2 Å². The maximum atomic E-state index is 13.3. The van der Waals surface area contributed by atoms with Gasteiger partial charge in [-0.1, -0.05) is 18.2 Å². The molecular weight excluding hydrogens is 412 g/mol. The average Bonchev–Trinajstić information content (AvgIpc) is 2.74. The number of sulfonamides is 1. The number of rotatable bonds is 6. The lowest BCUT2D eigenvalue weighted by Crippen LogP contribution is -2.40. The summed E-state index contributed by atoms with van der Waals surface area (Å²) in [5.74, 6) is -0.505. The molecule has 0 aromatic heterocycles. The van der Waals surface area contributed by atoms with Crippen LogP contribution in [0.15, 0.2) is 52.3 Å². The summed E-state index contributed by atoms with van der Waals surface area (Å²) in [6, 6.07) is 12.9. The second-order valence-electron chi connectivity index (χ2n) is 6.74. The van der Waals surface area contributed by atoms with E-state index in [-0.39, 0.29) is 10.5 Å². The molecule has 0 bridgehead atoms. The first-order valence-electron chi connectivity index (χ1n) is 9.22. The molecule has 2 N–H and O–H groups in total. The van der Waals surface area contributed by atoms with Crippen LogP contribution in [0.1, 0.15) is 28.8 Å². The van der Waals surface area contributed by atoms with E-state index in [1.807, 2.05) is 30.3 Å². The van der Waals surface area contributed by atoms with Gasteiger partial charge in [0.25, 0.3) is 5.91 Å². The lowest BCUT2D eigenvalue weighted by molar-refractivity contribution is 0.0701. The first-order chi connectivity index (χ1) is 13.9. The number of nitrogens with zero attached hydrogens (tertiary/aromatic N) is 1. The second kappa shape index (κ2) is 9.17. The molecule has 0 atom stereocenters. The Morgan fingerprint density at radius 1 is 1.17 bits per heavy atom. The summed E-state index contributed by atoms with van der Waals surface area (Å²) < 4.78 is 33.1. The van der Waals surface area contributed by atoms with Crippen LogP contribution in [0.5, 0.6) is 5.75 Å². The van der Waals surface area contributed by atoms with Crippen LogP contribution in [0, 0.1) is 6.92 Å². The van der Waals surface area contributed by atoms with Gasteiger partial charge in [-0.15, -0.1) is 11.8 Å². The molecule has 1 fully saturated rings. The Balaban J connectivity index is 1.81. The number of ether oxygens (including phenoxy) is 1. The number of piperidine rings is 1. The van der Waals surface area contributed by atoms with Crippen LogP contribution in [0.2, 0.25) is 0 Å². The van der Waals surface area contributed by atoms with Crippen molar-refractivity contribution in [3.8, 4) is 5.75 Å². The highest BCUT2D eigenvalue weighted by Gasteiger charge is 2.34. The zero-order chi connectivity index (χ0) is 21.0. The van der Waals surface area contributed by atoms with Crippen LogP contribution >= 0.6 is 11.8 Å². The molecule has 156 valence electrons. The summed E-state index contributed by atoms with van der Waals surface area (Å²) in [5, 5.41) is 9.43. The summed E-state index contributed by atoms with van der Waals surface area (Å²) in [6.45, 7) is 2.33. The number of amides is 1. The van der Waals surface area contributed by atoms with E-state index in [0.717, 1.165) is 12.8 Å². The molecular formula is C20H24N2O5S2. The normalized spacial score (nSPS) is 15.8. The van der Waals surface area contributed by atoms with Crippen LogP contribution < -0.4 is 10.2 Å². The van der Waals surface area contributed by atoms with Crippen molar-refractivity contribution in [2.24, 2.45) is 0 Å². The van der Waals surface area contributed by atoms with Crippen molar-refractivity contribution >= 4 is 27.7 Å². The number of nitrogens with one attached hydrogen (secondary N) is 1. The number of carbonyl (C=O) groups excluding carboxylic acids is 1. The van der Waals surface area contributed by atoms with Gasteiger partial charge in [-0.3, -0.25) is 10.0 Å². The maximum absolute atomic E-state index is 13.3. The number of methoxy groups -OCH3 is 1. The molecule has 0 saturated carbocycles. The summed E-state index contributed by atoms with van der Waals surface area (Å²) in [4.78, 5) is 13.2. The van der Waals surface area contributed by atoms with E-state index in [9.17, 15) is 13.2 Å². The lowest BCUT2D eigenvalue weighted by atomic mass is 10.1. The zero-order valence-electron chi connectivity index (χ0n) is 16.3. The third-order valence-corrected chi connectivity index (χ3v) is 8.28. The van der Waals surface area contributed by atoms with E-state index >= 15 is 0 Å². The molecule has 1 saturated heterocycles. The summed E-state index contributed by atoms with van der Waals surface area (Å²) in [6.07, 6.45) is 1.44. The predicted molar refractivity (Wildman–Crippen MR) is 111 cm³/mol. The SMILES string of the molecule is COc1ccc(S(=O)(=O)N2CCC(Sc3ccccc3)CC2)c(C(=O)NO)c1C. The minimum Gasteiger partial charge on any atom is -0.496 e. The van der Waals surface area contributed by atoms with Crippen molar-refractivity contribution in [2.75, 3.05) is 20.2 Å². The van der Waals surface area contributed by atoms with Gasteiger partial charge in [-0.05, 0) is 44.0 Å². The largest absolute Gasteiger partial charge is 0.496 e. The van der Waals surface area contributed by atoms with Gasteiger partial charge >= 0.3 is 0 Å². The zero-order valence-corrected chi connectivity index (χ0v) is 17.9. The standard InChI is InChI=1S/C20H24N2O5S2/c1-14-17(27-2)8-9-18(19(14)20(23)21-24)29(25,26)22-12-10-16(11-13-22)28-15-6-4-3-5-7-15/h3-9,16,24H,10-13H2,1-2H3,(H,21,23). The number of thioether (sulfide) groups is 1. The summed E-state index contributed by atoms with van der Waals surface area (Å²) >= 11 is 1.76. The highest BCUT2D eigenvalue weighted by Crippen LogP contribution is 2.34. The topological polar surface area (TPSA) is 95.9 Å². The fourth-order valence-electron chi connectivity index (χ4n) is 3.46. The smallest absolute Gasteiger partial charge is 0.276 e. The van der Waals surface area contributed by atoms with E-state index in [4.69, 9.17) is 9.94 Å². The summed E-state index contributed by atoms with van der Waals surface area (Å²) in [5.41, 5.74) is 1.79. The maximum Gasteiger partial charge on any atom is 0.276 e. The van der Waals surface area contributed by atoms with E-state index in [1.54, 1.807) is 24.2 Å². The fourth-order valence-corrected chi connectivity index (χ4v) is 6.32. The minimum absolute atomic E-state index is 0.104. The van der Waals surface area contributed by atoms with E-state index in [2.05, 4.69) is 0 Å². The van der Waals surface area contributed by atoms with Crippen molar-refractivity contribution in [1.29, 1.82) is 0 Å². The third kappa shape index (κ3) is 4.58. The van der Waals surface area contributed by atoms with E-state index < -0.39 is 15.9 Å². The average molecular weight is 437 g/mol. The fraction of sp³-hybridized carbons (Fsp3) is 0.350. The van der Waals surface area contributed by atoms with Crippen LogP contribution in [0.3, 0.4) is 0 Å². The van der Waals surface area contributed by atoms with Crippen molar-refractivity contribution in [3.05, 3.63) is 53.6 Å². The molecule has 1 aliphatic rings. The van der Waals surface area contributed by atoms with E-state index in [0.29, 0.717) is 29.7 Å². The molecule has 0 unspecified atom stereocenters. The Morgan fingerprint density at radius 3 is 2.41 bits per heavy atom. The number of hydroxylamine groups is 1. The summed E-state index contributed by atoms with van der Waals surface area (Å²) in [7, 11) is -2.46. The highest BCUT2D eigenvalue weighted by molar-refractivity contribution is 8.00. The number of benzene rings is 2. The monoisotopic (exact) mass is 436 g/mol. The molecule has 0 radical (unpaired) electrons. The number of hydrogen-bond acceptors (Lipinski definition) is 6. The van der Waals surface area contributed by atoms with Crippen LogP contribution in [-0.4, -0.2) is 49.3 Å². The Kier molecular flexibility index (Phi) is 6.84. The molecule has 1 heterocycles. The number of hydrogen-bond donors (Lipinski definition) is 2. The highest BCUT2D eigenvalue weighted by atomic mass is 32.2. The molecule has 1 amide bonds. The van der Waals surface area contributed by atoms with Gasteiger partial charge in [-0.25, -0.2) is 13.9 Å². The Hall–Kier alpha value is -2.07. The van der Waals surface area contributed by atoms with Gasteiger partial charge in [0.2, 0.25) is 10.0 Å². The second-order valence-corrected chi connectivity index (χ2v) is 10.0. The minimum atomic E-state index is -3.89. The van der Waals surface area contributed by atoms with Crippen LogP contribution in [-0.2, 0) is 10.0 Å². The van der Waals surface area contributed by atoms with Gasteiger partial charge < -0.3 is 4.74 Å². The third-order valence-electron chi connectivity index (χ3n) is 4.99. The van der Waals surface area contributed by atoms with Gasteiger partial charge in [0, 0.05) is 28.8 Å². The van der Waals surface area contributed by atoms with Gasteiger partial charge in [0.05, 0.1) is 17.6 Å².